The van der Waals surface area contributed by atoms with E-state index < -0.39 is 0 Å². The van der Waals surface area contributed by atoms with Crippen LogP contribution in [0.3, 0.4) is 0 Å². The van der Waals surface area contributed by atoms with E-state index in [-0.39, 0.29) is 6.10 Å². The molecule has 0 bridgehead atoms. The highest BCUT2D eigenvalue weighted by molar-refractivity contribution is 5.09. The van der Waals surface area contributed by atoms with Crippen molar-refractivity contribution in [3.05, 3.63) is 42.7 Å². The summed E-state index contributed by atoms with van der Waals surface area (Å²) in [7, 11) is 0. The van der Waals surface area contributed by atoms with E-state index in [2.05, 4.69) is 11.6 Å². The number of unbranched alkanes of at least 4 members (excludes halogenated alkanes) is 3. The number of aliphatic hydroxyl groups is 1. The van der Waals surface area contributed by atoms with Crippen LogP contribution in [0.4, 0.5) is 0 Å². The topological polar surface area (TPSA) is 33.1 Å². The number of pyridine rings is 1. The molecule has 2 heteroatoms. The number of rotatable bonds is 8. The molecule has 0 aliphatic carbocycles. The normalized spacial score (nSPS) is 12.3. The summed E-state index contributed by atoms with van der Waals surface area (Å²) in [6, 6.07) is 3.92. The number of aromatic nitrogens is 1. The van der Waals surface area contributed by atoms with Crippen LogP contribution in [-0.2, 0) is 6.42 Å². The molecule has 0 aliphatic heterocycles. The molecule has 1 heterocycles. The quantitative estimate of drug-likeness (QED) is 0.538. The fourth-order valence-electron chi connectivity index (χ4n) is 1.74. The van der Waals surface area contributed by atoms with Crippen molar-refractivity contribution in [1.29, 1.82) is 0 Å². The van der Waals surface area contributed by atoms with Gasteiger partial charge in [0, 0.05) is 12.4 Å². The minimum atomic E-state index is -0.229. The van der Waals surface area contributed by atoms with Crippen molar-refractivity contribution in [1.82, 2.24) is 4.98 Å². The lowest BCUT2D eigenvalue weighted by molar-refractivity contribution is 0.161. The van der Waals surface area contributed by atoms with Gasteiger partial charge in [0.25, 0.3) is 0 Å². The second kappa shape index (κ2) is 8.05. The summed E-state index contributed by atoms with van der Waals surface area (Å²) in [5.74, 6) is 0. The summed E-state index contributed by atoms with van der Waals surface area (Å²) >= 11 is 0. The maximum absolute atomic E-state index is 9.81. The third-order valence-electron chi connectivity index (χ3n) is 2.64. The van der Waals surface area contributed by atoms with Crippen LogP contribution in [0.15, 0.2) is 37.2 Å². The first-order chi connectivity index (χ1) is 7.83. The van der Waals surface area contributed by atoms with E-state index in [9.17, 15) is 5.11 Å². The average molecular weight is 219 g/mol. The van der Waals surface area contributed by atoms with E-state index in [4.69, 9.17) is 0 Å². The molecule has 1 aromatic rings. The van der Waals surface area contributed by atoms with Crippen molar-refractivity contribution in [2.75, 3.05) is 0 Å². The highest BCUT2D eigenvalue weighted by Crippen LogP contribution is 2.10. The lowest BCUT2D eigenvalue weighted by Crippen LogP contribution is -2.10. The monoisotopic (exact) mass is 219 g/mol. The van der Waals surface area contributed by atoms with E-state index in [1.807, 2.05) is 24.4 Å². The molecule has 0 saturated carbocycles. The molecular formula is C14H21NO. The van der Waals surface area contributed by atoms with Gasteiger partial charge in [-0.2, -0.15) is 0 Å². The van der Waals surface area contributed by atoms with Crippen molar-refractivity contribution in [2.45, 2.75) is 44.6 Å². The average Bonchev–Trinajstić information content (AvgIpc) is 2.30. The summed E-state index contributed by atoms with van der Waals surface area (Å²) in [6.45, 7) is 3.69. The summed E-state index contributed by atoms with van der Waals surface area (Å²) in [4.78, 5) is 4.04. The van der Waals surface area contributed by atoms with E-state index >= 15 is 0 Å². The predicted molar refractivity (Wildman–Crippen MR) is 67.2 cm³/mol. The van der Waals surface area contributed by atoms with Crippen molar-refractivity contribution < 1.29 is 5.11 Å². The summed E-state index contributed by atoms with van der Waals surface area (Å²) in [5.41, 5.74) is 1.11. The van der Waals surface area contributed by atoms with E-state index in [0.717, 1.165) is 31.2 Å². The van der Waals surface area contributed by atoms with Crippen LogP contribution >= 0.6 is 0 Å². The van der Waals surface area contributed by atoms with Gasteiger partial charge in [0.2, 0.25) is 0 Å². The predicted octanol–water partition coefficient (Wildman–Crippen LogP) is 3.12. The van der Waals surface area contributed by atoms with Gasteiger partial charge in [0.05, 0.1) is 6.10 Å². The Bertz CT molecular complexity index is 284. The van der Waals surface area contributed by atoms with E-state index in [1.54, 1.807) is 6.20 Å². The Morgan fingerprint density at radius 2 is 2.25 bits per heavy atom. The van der Waals surface area contributed by atoms with Crippen molar-refractivity contribution in [3.63, 3.8) is 0 Å². The van der Waals surface area contributed by atoms with Gasteiger partial charge in [-0.1, -0.05) is 25.0 Å². The number of aliphatic hydroxyl groups excluding tert-OH is 1. The van der Waals surface area contributed by atoms with Crippen molar-refractivity contribution in [2.24, 2.45) is 0 Å². The van der Waals surface area contributed by atoms with Gasteiger partial charge in [-0.05, 0) is 37.3 Å². The first kappa shape index (κ1) is 12.9. The lowest BCUT2D eigenvalue weighted by Gasteiger charge is -2.09. The van der Waals surface area contributed by atoms with Gasteiger partial charge in [-0.25, -0.2) is 0 Å². The molecule has 0 fully saturated rings. The maximum Gasteiger partial charge on any atom is 0.0581 e. The van der Waals surface area contributed by atoms with Crippen LogP contribution < -0.4 is 0 Å². The van der Waals surface area contributed by atoms with E-state index in [0.29, 0.717) is 0 Å². The smallest absolute Gasteiger partial charge is 0.0581 e. The third-order valence-corrected chi connectivity index (χ3v) is 2.64. The molecule has 0 spiro atoms. The first-order valence-corrected chi connectivity index (χ1v) is 6.01. The lowest BCUT2D eigenvalue weighted by atomic mass is 10.0. The molecule has 0 saturated heterocycles. The Labute approximate surface area is 98.0 Å². The fraction of sp³-hybridized carbons (Fsp3) is 0.500. The molecular weight excluding hydrogens is 198 g/mol. The molecule has 0 amide bonds. The zero-order chi connectivity index (χ0) is 11.6. The van der Waals surface area contributed by atoms with Crippen LogP contribution in [0.25, 0.3) is 0 Å². The van der Waals surface area contributed by atoms with Crippen LogP contribution in [0.5, 0.6) is 0 Å². The third kappa shape index (κ3) is 5.66. The van der Waals surface area contributed by atoms with Crippen LogP contribution in [0, 0.1) is 0 Å². The second-order valence-electron chi connectivity index (χ2n) is 4.15. The summed E-state index contributed by atoms with van der Waals surface area (Å²) in [5, 5.41) is 9.81. The fourth-order valence-corrected chi connectivity index (χ4v) is 1.74. The standard InChI is InChI=1S/C14H21NO/c1-2-3-4-5-6-9-14(16)11-13-8-7-10-15-12-13/h2,7-8,10,12,14,16H,1,3-6,9,11H2. The molecule has 16 heavy (non-hydrogen) atoms. The number of hydrogen-bond acceptors (Lipinski definition) is 2. The Hall–Kier alpha value is -1.15. The molecule has 0 radical (unpaired) electrons. The summed E-state index contributed by atoms with van der Waals surface area (Å²) in [6.07, 6.45) is 11.4. The zero-order valence-electron chi connectivity index (χ0n) is 9.81. The SMILES string of the molecule is C=CCCCCCC(O)Cc1cccnc1. The number of nitrogens with zero attached hydrogens (tertiary/aromatic N) is 1. The number of allylic oxidation sites excluding steroid dienone is 1. The molecule has 2 nitrogen and oxygen atoms in total. The molecule has 1 rings (SSSR count). The Balaban J connectivity index is 2.11. The van der Waals surface area contributed by atoms with Crippen LogP contribution in [-0.4, -0.2) is 16.2 Å². The molecule has 0 aromatic carbocycles. The zero-order valence-corrected chi connectivity index (χ0v) is 9.81. The van der Waals surface area contributed by atoms with Gasteiger partial charge in [-0.3, -0.25) is 4.98 Å². The van der Waals surface area contributed by atoms with Gasteiger partial charge < -0.3 is 5.11 Å². The van der Waals surface area contributed by atoms with Gasteiger partial charge in [-0.15, -0.1) is 6.58 Å². The van der Waals surface area contributed by atoms with Crippen LogP contribution in [0.1, 0.15) is 37.7 Å². The molecule has 1 aromatic heterocycles. The summed E-state index contributed by atoms with van der Waals surface area (Å²) < 4.78 is 0. The molecule has 1 unspecified atom stereocenters. The van der Waals surface area contributed by atoms with Crippen LogP contribution in [0.2, 0.25) is 0 Å². The highest BCUT2D eigenvalue weighted by atomic mass is 16.3. The van der Waals surface area contributed by atoms with E-state index in [1.165, 1.54) is 12.8 Å². The first-order valence-electron chi connectivity index (χ1n) is 6.01. The van der Waals surface area contributed by atoms with Gasteiger partial charge in [0.1, 0.15) is 0 Å². The molecule has 0 aliphatic rings. The second-order valence-corrected chi connectivity index (χ2v) is 4.15. The highest BCUT2D eigenvalue weighted by Gasteiger charge is 2.04. The number of hydrogen-bond donors (Lipinski definition) is 1. The van der Waals surface area contributed by atoms with Crippen molar-refractivity contribution in [3.8, 4) is 0 Å². The molecule has 88 valence electrons. The largest absolute Gasteiger partial charge is 0.393 e. The van der Waals surface area contributed by atoms with Gasteiger partial charge >= 0.3 is 0 Å². The Kier molecular flexibility index (Phi) is 6.50. The molecule has 1 atom stereocenters. The van der Waals surface area contributed by atoms with Gasteiger partial charge in [0.15, 0.2) is 0 Å². The molecule has 1 N–H and O–H groups in total. The maximum atomic E-state index is 9.81. The minimum absolute atomic E-state index is 0.229. The van der Waals surface area contributed by atoms with Crippen molar-refractivity contribution >= 4 is 0 Å². The Morgan fingerprint density at radius 1 is 1.38 bits per heavy atom. The minimum Gasteiger partial charge on any atom is -0.393 e. The Morgan fingerprint density at radius 3 is 2.94 bits per heavy atom.